The van der Waals surface area contributed by atoms with Gasteiger partial charge in [-0.05, 0) is 19.1 Å². The molecule has 0 unspecified atom stereocenters. The summed E-state index contributed by atoms with van der Waals surface area (Å²) < 4.78 is 5.17. The average Bonchev–Trinajstić information content (AvgIpc) is 2.34. The molecule has 0 heterocycles. The molecule has 4 nitrogen and oxygen atoms in total. The average molecular weight is 267 g/mol. The van der Waals surface area contributed by atoms with Crippen LogP contribution in [0.5, 0.6) is 5.75 Å². The summed E-state index contributed by atoms with van der Waals surface area (Å²) in [5.41, 5.74) is 0.538. The zero-order valence-electron chi connectivity index (χ0n) is 11.0. The van der Waals surface area contributed by atoms with Gasteiger partial charge in [-0.25, -0.2) is 0 Å². The summed E-state index contributed by atoms with van der Waals surface area (Å²) in [6.07, 6.45) is 0. The molecule has 5 heteroatoms. The monoisotopic (exact) mass is 267 g/mol. The second kappa shape index (κ2) is 6.44. The van der Waals surface area contributed by atoms with Crippen molar-refractivity contribution in [1.29, 1.82) is 0 Å². The Morgan fingerprint density at radius 2 is 2.00 bits per heavy atom. The Balaban J connectivity index is 2.95. The number of nitrogens with zero attached hydrogens (tertiary/aromatic N) is 1. The summed E-state index contributed by atoms with van der Waals surface area (Å²) in [7, 11) is 4.95. The van der Waals surface area contributed by atoms with E-state index in [1.165, 1.54) is 30.7 Å². The Kier molecular flexibility index (Phi) is 5.22. The minimum Gasteiger partial charge on any atom is -0.496 e. The molecule has 0 aliphatic heterocycles. The lowest BCUT2D eigenvalue weighted by Gasteiger charge is -2.13. The smallest absolute Gasteiger partial charge is 0.232 e. The van der Waals surface area contributed by atoms with Gasteiger partial charge in [-0.15, -0.1) is 11.8 Å². The second-order valence-corrected chi connectivity index (χ2v) is 4.98. The number of methoxy groups -OCH3 is 1. The number of Topliss-reactive ketones (excluding diaryl/α,β-unsaturated/α-hetero) is 1. The van der Waals surface area contributed by atoms with Crippen LogP contribution in [0.2, 0.25) is 0 Å². The summed E-state index contributed by atoms with van der Waals surface area (Å²) in [5.74, 6) is 0.801. The number of thioether (sulfide) groups is 1. The van der Waals surface area contributed by atoms with Gasteiger partial charge >= 0.3 is 0 Å². The van der Waals surface area contributed by atoms with Crippen molar-refractivity contribution in [3.8, 4) is 5.75 Å². The number of amides is 1. The van der Waals surface area contributed by atoms with Crippen LogP contribution in [0.15, 0.2) is 23.1 Å². The predicted octanol–water partition coefficient (Wildman–Crippen LogP) is 2.08. The number of benzene rings is 1. The van der Waals surface area contributed by atoms with Crippen molar-refractivity contribution in [1.82, 2.24) is 4.90 Å². The zero-order valence-corrected chi connectivity index (χ0v) is 11.8. The third-order valence-corrected chi connectivity index (χ3v) is 3.45. The highest BCUT2D eigenvalue weighted by Crippen LogP contribution is 2.30. The quantitative estimate of drug-likeness (QED) is 0.605. The zero-order chi connectivity index (χ0) is 13.7. The molecule has 1 aromatic carbocycles. The van der Waals surface area contributed by atoms with E-state index in [4.69, 9.17) is 4.74 Å². The lowest BCUT2D eigenvalue weighted by Crippen LogP contribution is -2.23. The molecule has 0 spiro atoms. The van der Waals surface area contributed by atoms with Gasteiger partial charge in [0.05, 0.1) is 18.4 Å². The van der Waals surface area contributed by atoms with Gasteiger partial charge in [0.15, 0.2) is 5.78 Å². The van der Waals surface area contributed by atoms with Crippen LogP contribution >= 0.6 is 11.8 Å². The largest absolute Gasteiger partial charge is 0.496 e. The molecule has 1 aromatic rings. The Labute approximate surface area is 111 Å². The van der Waals surface area contributed by atoms with E-state index in [9.17, 15) is 9.59 Å². The molecule has 0 aromatic heterocycles. The fourth-order valence-corrected chi connectivity index (χ4v) is 2.52. The molecular weight excluding hydrogens is 250 g/mol. The van der Waals surface area contributed by atoms with Crippen molar-refractivity contribution < 1.29 is 14.3 Å². The highest BCUT2D eigenvalue weighted by atomic mass is 32.2. The number of ether oxygens (including phenoxy) is 1. The van der Waals surface area contributed by atoms with Gasteiger partial charge in [-0.3, -0.25) is 9.59 Å². The molecular formula is C13H17NO3S. The number of carbonyl (C=O) groups is 2. The van der Waals surface area contributed by atoms with E-state index in [0.717, 1.165) is 4.90 Å². The SMILES string of the molecule is COc1cccc(SCC(=O)N(C)C)c1C(C)=O. The van der Waals surface area contributed by atoms with Gasteiger partial charge in [0.2, 0.25) is 5.91 Å². The van der Waals surface area contributed by atoms with Crippen molar-refractivity contribution in [3.63, 3.8) is 0 Å². The van der Waals surface area contributed by atoms with Crippen LogP contribution in [-0.2, 0) is 4.79 Å². The highest BCUT2D eigenvalue weighted by Gasteiger charge is 2.15. The van der Waals surface area contributed by atoms with E-state index in [-0.39, 0.29) is 11.7 Å². The minimum absolute atomic E-state index is 0.0114. The topological polar surface area (TPSA) is 46.6 Å². The van der Waals surface area contributed by atoms with Crippen LogP contribution in [0.4, 0.5) is 0 Å². The normalized spacial score (nSPS) is 10.0. The summed E-state index contributed by atoms with van der Waals surface area (Å²) in [5, 5.41) is 0. The molecule has 18 heavy (non-hydrogen) atoms. The summed E-state index contributed by atoms with van der Waals surface area (Å²) in [6.45, 7) is 1.50. The van der Waals surface area contributed by atoms with Crippen molar-refractivity contribution in [2.75, 3.05) is 27.0 Å². The summed E-state index contributed by atoms with van der Waals surface area (Å²) >= 11 is 1.35. The fraction of sp³-hybridized carbons (Fsp3) is 0.385. The number of ketones is 1. The Bertz CT molecular complexity index is 458. The first kappa shape index (κ1) is 14.6. The molecule has 0 aliphatic carbocycles. The predicted molar refractivity (Wildman–Crippen MR) is 72.4 cm³/mol. The van der Waals surface area contributed by atoms with Gasteiger partial charge in [-0.1, -0.05) is 6.07 Å². The van der Waals surface area contributed by atoms with Crippen molar-refractivity contribution >= 4 is 23.5 Å². The van der Waals surface area contributed by atoms with Gasteiger partial charge < -0.3 is 9.64 Å². The van der Waals surface area contributed by atoms with E-state index in [1.807, 2.05) is 12.1 Å². The van der Waals surface area contributed by atoms with Crippen molar-refractivity contribution in [2.45, 2.75) is 11.8 Å². The molecule has 0 aliphatic rings. The molecule has 0 radical (unpaired) electrons. The van der Waals surface area contributed by atoms with Gasteiger partial charge in [-0.2, -0.15) is 0 Å². The molecule has 0 bridgehead atoms. The van der Waals surface area contributed by atoms with Crippen LogP contribution in [0.1, 0.15) is 17.3 Å². The molecule has 0 atom stereocenters. The Morgan fingerprint density at radius 1 is 1.33 bits per heavy atom. The third kappa shape index (κ3) is 3.50. The fourth-order valence-electron chi connectivity index (χ4n) is 1.42. The van der Waals surface area contributed by atoms with E-state index in [0.29, 0.717) is 17.1 Å². The van der Waals surface area contributed by atoms with Crippen LogP contribution in [-0.4, -0.2) is 43.5 Å². The number of hydrogen-bond donors (Lipinski definition) is 0. The first-order valence-corrected chi connectivity index (χ1v) is 6.46. The lowest BCUT2D eigenvalue weighted by molar-refractivity contribution is -0.125. The standard InChI is InChI=1S/C13H17NO3S/c1-9(15)13-10(17-4)6-5-7-11(13)18-8-12(16)14(2)3/h5-7H,8H2,1-4H3. The van der Waals surface area contributed by atoms with Gasteiger partial charge in [0, 0.05) is 19.0 Å². The van der Waals surface area contributed by atoms with E-state index in [1.54, 1.807) is 20.2 Å². The van der Waals surface area contributed by atoms with E-state index < -0.39 is 0 Å². The summed E-state index contributed by atoms with van der Waals surface area (Å²) in [6, 6.07) is 5.38. The molecule has 0 saturated carbocycles. The Hall–Kier alpha value is -1.49. The van der Waals surface area contributed by atoms with Gasteiger partial charge in [0.1, 0.15) is 5.75 Å². The first-order valence-electron chi connectivity index (χ1n) is 5.48. The number of hydrogen-bond acceptors (Lipinski definition) is 4. The van der Waals surface area contributed by atoms with E-state index in [2.05, 4.69) is 0 Å². The van der Waals surface area contributed by atoms with Crippen molar-refractivity contribution in [3.05, 3.63) is 23.8 Å². The maximum Gasteiger partial charge on any atom is 0.232 e. The Morgan fingerprint density at radius 3 is 2.50 bits per heavy atom. The molecule has 0 N–H and O–H groups in total. The maximum atomic E-state index is 11.6. The first-order chi connectivity index (χ1) is 8.47. The highest BCUT2D eigenvalue weighted by molar-refractivity contribution is 8.00. The number of carbonyl (C=O) groups excluding carboxylic acids is 2. The van der Waals surface area contributed by atoms with Crippen LogP contribution in [0.3, 0.4) is 0 Å². The molecule has 1 rings (SSSR count). The van der Waals surface area contributed by atoms with Crippen molar-refractivity contribution in [2.24, 2.45) is 0 Å². The maximum absolute atomic E-state index is 11.6. The third-order valence-electron chi connectivity index (χ3n) is 2.41. The van der Waals surface area contributed by atoms with Crippen LogP contribution in [0, 0.1) is 0 Å². The van der Waals surface area contributed by atoms with E-state index >= 15 is 0 Å². The molecule has 1 amide bonds. The molecule has 0 fully saturated rings. The molecule has 98 valence electrons. The van der Waals surface area contributed by atoms with Crippen LogP contribution < -0.4 is 4.74 Å². The number of rotatable bonds is 5. The lowest BCUT2D eigenvalue weighted by atomic mass is 10.1. The molecule has 0 saturated heterocycles. The van der Waals surface area contributed by atoms with Crippen LogP contribution in [0.25, 0.3) is 0 Å². The minimum atomic E-state index is -0.0627. The van der Waals surface area contributed by atoms with Gasteiger partial charge in [0.25, 0.3) is 0 Å². The summed E-state index contributed by atoms with van der Waals surface area (Å²) in [4.78, 5) is 25.5. The second-order valence-electron chi connectivity index (χ2n) is 3.97.